The van der Waals surface area contributed by atoms with E-state index in [2.05, 4.69) is 31.4 Å². The maximum atomic E-state index is 13.3. The molecule has 0 aromatic heterocycles. The highest BCUT2D eigenvalue weighted by Gasteiger charge is 2.56. The third kappa shape index (κ3) is 5.40. The molecule has 3 aliphatic rings. The van der Waals surface area contributed by atoms with E-state index in [1.807, 2.05) is 36.9 Å². The van der Waals surface area contributed by atoms with Gasteiger partial charge in [0.2, 0.25) is 11.8 Å². The van der Waals surface area contributed by atoms with E-state index in [4.69, 9.17) is 0 Å². The van der Waals surface area contributed by atoms with Crippen LogP contribution in [0, 0.1) is 25.2 Å². The van der Waals surface area contributed by atoms with Gasteiger partial charge < -0.3 is 15.5 Å². The molecule has 0 radical (unpaired) electrons. The molecule has 9 nitrogen and oxygen atoms in total. The summed E-state index contributed by atoms with van der Waals surface area (Å²) in [5.41, 5.74) is 2.03. The van der Waals surface area contributed by atoms with Gasteiger partial charge in [-0.25, -0.2) is 4.79 Å². The third-order valence-electron chi connectivity index (χ3n) is 7.89. The minimum absolute atomic E-state index is 0.0543. The van der Waals surface area contributed by atoms with Crippen LogP contribution in [0.5, 0.6) is 0 Å². The van der Waals surface area contributed by atoms with Gasteiger partial charge in [0.25, 0.3) is 5.91 Å². The lowest BCUT2D eigenvalue weighted by atomic mass is 9.64. The second-order valence-corrected chi connectivity index (χ2v) is 11.7. The summed E-state index contributed by atoms with van der Waals surface area (Å²) in [5, 5.41) is 5.91. The van der Waals surface area contributed by atoms with Gasteiger partial charge in [-0.1, -0.05) is 32.9 Å². The number of aryl methyl sites for hydroxylation is 1. The summed E-state index contributed by atoms with van der Waals surface area (Å²) in [4.78, 5) is 56.4. The monoisotopic (exact) mass is 497 g/mol. The molecule has 2 atom stereocenters. The van der Waals surface area contributed by atoms with Crippen LogP contribution in [0.1, 0.15) is 51.2 Å². The van der Waals surface area contributed by atoms with Gasteiger partial charge in [0.15, 0.2) is 0 Å². The van der Waals surface area contributed by atoms with Crippen molar-refractivity contribution in [2.45, 2.75) is 59.4 Å². The lowest BCUT2D eigenvalue weighted by molar-refractivity contribution is -0.141. The number of benzene rings is 1. The van der Waals surface area contributed by atoms with Gasteiger partial charge in [0.05, 0.1) is 6.54 Å². The molecule has 1 aromatic carbocycles. The minimum atomic E-state index is -0.903. The molecular weight excluding hydrogens is 458 g/mol. The molecule has 1 aliphatic carbocycles. The number of rotatable bonds is 5. The van der Waals surface area contributed by atoms with E-state index in [1.165, 1.54) is 0 Å². The summed E-state index contributed by atoms with van der Waals surface area (Å²) < 4.78 is 0. The summed E-state index contributed by atoms with van der Waals surface area (Å²) in [6.07, 6.45) is 2.20. The Balaban J connectivity index is 1.28. The molecule has 4 rings (SSSR count). The van der Waals surface area contributed by atoms with Crippen molar-refractivity contribution in [3.63, 3.8) is 0 Å². The predicted molar refractivity (Wildman–Crippen MR) is 137 cm³/mol. The van der Waals surface area contributed by atoms with Crippen molar-refractivity contribution >= 4 is 29.4 Å². The van der Waals surface area contributed by atoms with Crippen molar-refractivity contribution in [1.82, 2.24) is 20.0 Å². The third-order valence-corrected chi connectivity index (χ3v) is 7.89. The van der Waals surface area contributed by atoms with Crippen molar-refractivity contribution < 1.29 is 19.2 Å². The second kappa shape index (κ2) is 9.84. The Morgan fingerprint density at radius 1 is 1.06 bits per heavy atom. The van der Waals surface area contributed by atoms with Crippen LogP contribution >= 0.6 is 0 Å². The summed E-state index contributed by atoms with van der Waals surface area (Å²) in [6.45, 7) is 12.4. The number of carbonyl (C=O) groups is 4. The Hall–Kier alpha value is -2.94. The largest absolute Gasteiger partial charge is 0.339 e. The number of hydrogen-bond acceptors (Lipinski definition) is 5. The number of amides is 5. The van der Waals surface area contributed by atoms with E-state index in [-0.39, 0.29) is 36.2 Å². The minimum Gasteiger partial charge on any atom is -0.339 e. The van der Waals surface area contributed by atoms with E-state index in [0.717, 1.165) is 28.1 Å². The number of anilines is 1. The van der Waals surface area contributed by atoms with Crippen LogP contribution in [0.2, 0.25) is 0 Å². The highest BCUT2D eigenvalue weighted by molar-refractivity contribution is 6.09. The Labute approximate surface area is 213 Å². The van der Waals surface area contributed by atoms with E-state index in [1.54, 1.807) is 4.90 Å². The van der Waals surface area contributed by atoms with Gasteiger partial charge in [0.1, 0.15) is 12.1 Å². The fraction of sp³-hybridized carbons (Fsp3) is 0.630. The lowest BCUT2D eigenvalue weighted by Gasteiger charge is -2.43. The van der Waals surface area contributed by atoms with Crippen LogP contribution in [-0.4, -0.2) is 83.3 Å². The standard InChI is InChI=1S/C27H39N5O4/c1-18-13-26(4,5)17-27(14-18)24(35)32(25(36)29-27)16-23(34)31-11-9-30(10-12-31)15-22(33)28-21-8-6-7-19(2)20(21)3/h6-8,18H,9-17H2,1-5H3,(H,28,33)(H,29,36)/t18-,27-/m1/s1. The molecule has 36 heavy (non-hydrogen) atoms. The first-order valence-corrected chi connectivity index (χ1v) is 12.9. The highest BCUT2D eigenvalue weighted by atomic mass is 16.2. The zero-order valence-corrected chi connectivity index (χ0v) is 22.1. The number of nitrogens with one attached hydrogen (secondary N) is 2. The molecule has 1 saturated carbocycles. The average Bonchev–Trinajstić information content (AvgIpc) is 2.99. The number of urea groups is 1. The van der Waals surface area contributed by atoms with E-state index in [0.29, 0.717) is 44.9 Å². The predicted octanol–water partition coefficient (Wildman–Crippen LogP) is 2.52. The first-order valence-electron chi connectivity index (χ1n) is 12.9. The molecule has 2 saturated heterocycles. The number of nitrogens with zero attached hydrogens (tertiary/aromatic N) is 3. The SMILES string of the molecule is Cc1cccc(NC(=O)CN2CCN(C(=O)CN3C(=O)N[C@@]4(C[C@H](C)CC(C)(C)C4)C3=O)CC2)c1C. The highest BCUT2D eigenvalue weighted by Crippen LogP contribution is 2.46. The van der Waals surface area contributed by atoms with Crippen molar-refractivity contribution in [3.05, 3.63) is 29.3 Å². The van der Waals surface area contributed by atoms with Crippen LogP contribution < -0.4 is 10.6 Å². The van der Waals surface area contributed by atoms with Crippen LogP contribution in [-0.2, 0) is 14.4 Å². The Morgan fingerprint density at radius 3 is 2.42 bits per heavy atom. The molecule has 2 heterocycles. The molecule has 9 heteroatoms. The van der Waals surface area contributed by atoms with Crippen LogP contribution in [0.25, 0.3) is 0 Å². The van der Waals surface area contributed by atoms with Crippen molar-refractivity contribution in [3.8, 4) is 0 Å². The van der Waals surface area contributed by atoms with Gasteiger partial charge in [-0.15, -0.1) is 0 Å². The molecule has 5 amide bonds. The molecule has 0 unspecified atom stereocenters. The molecule has 2 aliphatic heterocycles. The normalized spacial score (nSPS) is 26.3. The molecule has 0 bridgehead atoms. The van der Waals surface area contributed by atoms with E-state index >= 15 is 0 Å². The van der Waals surface area contributed by atoms with Gasteiger partial charge in [-0.3, -0.25) is 24.2 Å². The number of carbonyl (C=O) groups excluding carboxylic acids is 4. The molecule has 3 fully saturated rings. The zero-order valence-electron chi connectivity index (χ0n) is 22.1. The Bertz CT molecular complexity index is 1060. The Morgan fingerprint density at radius 2 is 1.75 bits per heavy atom. The van der Waals surface area contributed by atoms with Crippen LogP contribution in [0.15, 0.2) is 18.2 Å². The maximum absolute atomic E-state index is 13.3. The van der Waals surface area contributed by atoms with Gasteiger partial charge in [0, 0.05) is 31.9 Å². The second-order valence-electron chi connectivity index (χ2n) is 11.7. The van der Waals surface area contributed by atoms with Crippen molar-refractivity contribution in [2.24, 2.45) is 11.3 Å². The summed E-state index contributed by atoms with van der Waals surface area (Å²) in [5.74, 6) is -0.285. The van der Waals surface area contributed by atoms with Gasteiger partial charge in [-0.05, 0) is 61.6 Å². The summed E-state index contributed by atoms with van der Waals surface area (Å²) >= 11 is 0. The smallest absolute Gasteiger partial charge is 0.325 e. The summed E-state index contributed by atoms with van der Waals surface area (Å²) in [6, 6.07) is 5.35. The van der Waals surface area contributed by atoms with E-state index < -0.39 is 11.6 Å². The average molecular weight is 498 g/mol. The molecule has 1 aromatic rings. The quantitative estimate of drug-likeness (QED) is 0.609. The zero-order chi connectivity index (χ0) is 26.3. The van der Waals surface area contributed by atoms with Crippen LogP contribution in [0.3, 0.4) is 0 Å². The van der Waals surface area contributed by atoms with Gasteiger partial charge >= 0.3 is 6.03 Å². The Kier molecular flexibility index (Phi) is 7.14. The molecule has 1 spiro atoms. The van der Waals surface area contributed by atoms with Crippen LogP contribution in [0.4, 0.5) is 10.5 Å². The molecule has 196 valence electrons. The lowest BCUT2D eigenvalue weighted by Crippen LogP contribution is -2.55. The molecule has 2 N–H and O–H groups in total. The maximum Gasteiger partial charge on any atom is 0.325 e. The van der Waals surface area contributed by atoms with Crippen molar-refractivity contribution in [1.29, 1.82) is 0 Å². The number of imide groups is 1. The summed E-state index contributed by atoms with van der Waals surface area (Å²) in [7, 11) is 0. The number of hydrogen-bond donors (Lipinski definition) is 2. The molecular formula is C27H39N5O4. The first kappa shape index (κ1) is 26.1. The fourth-order valence-corrected chi connectivity index (χ4v) is 6.32. The van der Waals surface area contributed by atoms with Crippen molar-refractivity contribution in [2.75, 3.05) is 44.6 Å². The fourth-order valence-electron chi connectivity index (χ4n) is 6.32. The number of piperazine rings is 1. The van der Waals surface area contributed by atoms with E-state index in [9.17, 15) is 19.2 Å². The topological polar surface area (TPSA) is 102 Å². The van der Waals surface area contributed by atoms with Gasteiger partial charge in [-0.2, -0.15) is 0 Å². The first-order chi connectivity index (χ1) is 16.9.